The molecule has 4 nitrogen and oxygen atoms in total. The Bertz CT molecular complexity index is 3020. The molecule has 0 radical (unpaired) electrons. The van der Waals surface area contributed by atoms with Crippen LogP contribution in [0.4, 0.5) is 0 Å². The summed E-state index contributed by atoms with van der Waals surface area (Å²) in [5, 5.41) is 8.73. The third-order valence-corrected chi connectivity index (χ3v) is 11.7. The molecule has 3 heterocycles. The van der Waals surface area contributed by atoms with Gasteiger partial charge in [0.15, 0.2) is 0 Å². The minimum Gasteiger partial charge on any atom is -0.455 e. The first-order chi connectivity index (χ1) is 27.7. The summed E-state index contributed by atoms with van der Waals surface area (Å²) in [6, 6.07) is 61.1. The summed E-state index contributed by atoms with van der Waals surface area (Å²) in [7, 11) is 0. The quantitative estimate of drug-likeness (QED) is 0.186. The highest BCUT2D eigenvalue weighted by molar-refractivity contribution is 6.12. The van der Waals surface area contributed by atoms with Gasteiger partial charge in [0, 0.05) is 51.0 Å². The fraction of sp³-hybridized carbons (Fsp3) is 0.0962. The lowest BCUT2D eigenvalue weighted by atomic mass is 9.93. The SMILES string of the molecule is C1=C(c2cccc3c2oc2ccccc23)CCC(n2c3ccccc3c3ccc(-c4ccc(C5N=C(c6ccccc6)CC(c6ccccc6)N5)cc4)cc32)=C1. The van der Waals surface area contributed by atoms with E-state index in [1.165, 1.54) is 71.7 Å². The molecule has 11 rings (SSSR count). The van der Waals surface area contributed by atoms with Crippen LogP contribution in [-0.2, 0) is 0 Å². The zero-order valence-electron chi connectivity index (χ0n) is 30.9. The molecule has 2 aromatic heterocycles. The summed E-state index contributed by atoms with van der Waals surface area (Å²) in [5.74, 6) is 0. The largest absolute Gasteiger partial charge is 0.455 e. The van der Waals surface area contributed by atoms with E-state index in [1.54, 1.807) is 0 Å². The zero-order valence-corrected chi connectivity index (χ0v) is 30.9. The van der Waals surface area contributed by atoms with Crippen molar-refractivity contribution >= 4 is 60.7 Å². The maximum Gasteiger partial charge on any atom is 0.142 e. The molecule has 0 saturated heterocycles. The number of allylic oxidation sites excluding steroid dienone is 4. The van der Waals surface area contributed by atoms with Gasteiger partial charge in [-0.1, -0.05) is 158 Å². The topological polar surface area (TPSA) is 42.5 Å². The van der Waals surface area contributed by atoms with E-state index in [0.29, 0.717) is 0 Å². The minimum atomic E-state index is -0.141. The average Bonchev–Trinajstić information content (AvgIpc) is 3.83. The number of para-hydroxylation sites is 3. The number of aromatic nitrogens is 1. The van der Waals surface area contributed by atoms with Gasteiger partial charge in [-0.15, -0.1) is 0 Å². The molecule has 0 spiro atoms. The monoisotopic (exact) mass is 721 g/mol. The Morgan fingerprint density at radius 2 is 1.25 bits per heavy atom. The number of hydrogen-bond donors (Lipinski definition) is 1. The van der Waals surface area contributed by atoms with Crippen LogP contribution in [-0.4, -0.2) is 10.3 Å². The Labute approximate surface area is 325 Å². The second kappa shape index (κ2) is 13.5. The van der Waals surface area contributed by atoms with Crippen LogP contribution >= 0.6 is 0 Å². The molecule has 1 aliphatic carbocycles. The van der Waals surface area contributed by atoms with Crippen LogP contribution in [0.2, 0.25) is 0 Å². The van der Waals surface area contributed by atoms with Crippen molar-refractivity contribution in [2.24, 2.45) is 4.99 Å². The van der Waals surface area contributed by atoms with Crippen molar-refractivity contribution < 1.29 is 4.42 Å². The number of nitrogens with zero attached hydrogens (tertiary/aromatic N) is 2. The van der Waals surface area contributed by atoms with Gasteiger partial charge in [0.2, 0.25) is 0 Å². The number of nitrogens with one attached hydrogen (secondary N) is 1. The standard InChI is InChI=1S/C52H39N3O/c1-3-12-36(13-4-1)46-33-47(37-14-5-2-6-15-37)54-52(53-46)38-24-22-34(23-25-38)39-28-31-43-42-16-7-9-20-48(42)55(49(43)32-39)40-29-26-35(27-30-40)41-18-11-19-45-44-17-8-10-21-50(44)56-51(41)45/h1-26,28-29,31-32,46,52-53H,27,30,33H2. The van der Waals surface area contributed by atoms with Gasteiger partial charge in [0.1, 0.15) is 17.3 Å². The molecule has 0 amide bonds. The molecule has 268 valence electrons. The Hall–Kier alpha value is -6.75. The molecule has 1 N–H and O–H groups in total. The predicted molar refractivity (Wildman–Crippen MR) is 233 cm³/mol. The van der Waals surface area contributed by atoms with E-state index in [0.717, 1.165) is 41.7 Å². The predicted octanol–water partition coefficient (Wildman–Crippen LogP) is 13.3. The van der Waals surface area contributed by atoms with Gasteiger partial charge in [0.05, 0.1) is 11.0 Å². The van der Waals surface area contributed by atoms with Gasteiger partial charge in [-0.2, -0.15) is 0 Å². The highest BCUT2D eigenvalue weighted by atomic mass is 16.3. The normalized spacial score (nSPS) is 17.3. The van der Waals surface area contributed by atoms with Crippen LogP contribution < -0.4 is 5.32 Å². The van der Waals surface area contributed by atoms with Crippen LogP contribution in [0.5, 0.6) is 0 Å². The zero-order chi connectivity index (χ0) is 37.0. The van der Waals surface area contributed by atoms with E-state index in [1.807, 2.05) is 6.07 Å². The fourth-order valence-corrected chi connectivity index (χ4v) is 8.94. The summed E-state index contributed by atoms with van der Waals surface area (Å²) in [6.45, 7) is 0. The highest BCUT2D eigenvalue weighted by Gasteiger charge is 2.26. The van der Waals surface area contributed by atoms with Crippen LogP contribution in [0.1, 0.15) is 53.7 Å². The summed E-state index contributed by atoms with van der Waals surface area (Å²) >= 11 is 0. The molecule has 0 saturated carbocycles. The Balaban J connectivity index is 0.947. The minimum absolute atomic E-state index is 0.141. The first kappa shape index (κ1) is 32.7. The average molecular weight is 722 g/mol. The Morgan fingerprint density at radius 3 is 2.07 bits per heavy atom. The van der Waals surface area contributed by atoms with Crippen molar-refractivity contribution in [3.63, 3.8) is 0 Å². The number of aliphatic imine (C=N–C) groups is 1. The maximum absolute atomic E-state index is 6.42. The van der Waals surface area contributed by atoms with E-state index in [4.69, 9.17) is 9.41 Å². The summed E-state index contributed by atoms with van der Waals surface area (Å²) in [4.78, 5) is 5.26. The van der Waals surface area contributed by atoms with Gasteiger partial charge in [-0.05, 0) is 70.5 Å². The Kier molecular flexibility index (Phi) is 7.89. The summed E-state index contributed by atoms with van der Waals surface area (Å²) in [5.41, 5.74) is 15.3. The molecule has 56 heavy (non-hydrogen) atoms. The van der Waals surface area contributed by atoms with E-state index < -0.39 is 0 Å². The van der Waals surface area contributed by atoms with Gasteiger partial charge in [-0.25, -0.2) is 0 Å². The van der Waals surface area contributed by atoms with E-state index in [2.05, 4.69) is 186 Å². The number of furan rings is 1. The van der Waals surface area contributed by atoms with Crippen LogP contribution in [0.3, 0.4) is 0 Å². The molecular weight excluding hydrogens is 683 g/mol. The highest BCUT2D eigenvalue weighted by Crippen LogP contribution is 2.41. The lowest BCUT2D eigenvalue weighted by molar-refractivity contribution is 0.442. The third kappa shape index (κ3) is 5.61. The molecule has 2 aliphatic rings. The number of fused-ring (bicyclic) bond motifs is 6. The van der Waals surface area contributed by atoms with Crippen molar-refractivity contribution in [3.05, 3.63) is 204 Å². The van der Waals surface area contributed by atoms with Gasteiger partial charge < -0.3 is 8.98 Å². The smallest absolute Gasteiger partial charge is 0.142 e. The van der Waals surface area contributed by atoms with Crippen molar-refractivity contribution in [1.29, 1.82) is 0 Å². The molecular formula is C52H39N3O. The third-order valence-electron chi connectivity index (χ3n) is 11.7. The molecule has 2 atom stereocenters. The summed E-state index contributed by atoms with van der Waals surface area (Å²) in [6.07, 6.45) is 7.19. The maximum atomic E-state index is 6.42. The van der Waals surface area contributed by atoms with E-state index in [-0.39, 0.29) is 12.2 Å². The van der Waals surface area contributed by atoms with Gasteiger partial charge in [-0.3, -0.25) is 10.3 Å². The molecule has 1 aliphatic heterocycles. The van der Waals surface area contributed by atoms with Crippen molar-refractivity contribution in [3.8, 4) is 11.1 Å². The van der Waals surface area contributed by atoms with Gasteiger partial charge in [0.25, 0.3) is 0 Å². The lowest BCUT2D eigenvalue weighted by Crippen LogP contribution is -2.33. The second-order valence-corrected chi connectivity index (χ2v) is 15.0. The van der Waals surface area contributed by atoms with Crippen molar-refractivity contribution in [2.45, 2.75) is 31.5 Å². The Morgan fingerprint density at radius 1 is 0.536 bits per heavy atom. The van der Waals surface area contributed by atoms with Crippen LogP contribution in [0.25, 0.3) is 66.1 Å². The number of hydrogen-bond acceptors (Lipinski definition) is 3. The van der Waals surface area contributed by atoms with Crippen molar-refractivity contribution in [2.75, 3.05) is 0 Å². The van der Waals surface area contributed by atoms with Crippen molar-refractivity contribution in [1.82, 2.24) is 9.88 Å². The van der Waals surface area contributed by atoms with Crippen LogP contribution in [0.15, 0.2) is 191 Å². The lowest BCUT2D eigenvalue weighted by Gasteiger charge is -2.30. The molecule has 2 unspecified atom stereocenters. The first-order valence-electron chi connectivity index (χ1n) is 19.6. The van der Waals surface area contributed by atoms with Crippen LogP contribution in [0, 0.1) is 0 Å². The van der Waals surface area contributed by atoms with E-state index in [9.17, 15) is 0 Å². The molecule has 0 bridgehead atoms. The van der Waals surface area contributed by atoms with E-state index >= 15 is 0 Å². The first-order valence-corrected chi connectivity index (χ1v) is 19.6. The number of benzene rings is 7. The van der Waals surface area contributed by atoms with Gasteiger partial charge >= 0.3 is 0 Å². The second-order valence-electron chi connectivity index (χ2n) is 15.0. The number of rotatable bonds is 6. The molecule has 7 aromatic carbocycles. The summed E-state index contributed by atoms with van der Waals surface area (Å²) < 4.78 is 8.90. The molecule has 4 heteroatoms. The molecule has 0 fully saturated rings. The molecule has 9 aromatic rings. The fourth-order valence-electron chi connectivity index (χ4n) is 8.94.